The highest BCUT2D eigenvalue weighted by Crippen LogP contribution is 2.27. The lowest BCUT2D eigenvalue weighted by Crippen LogP contribution is -2.11. The SMILES string of the molecule is O=C1OC(c2cc([N+](=O)[O-])ccc2Cl)=N/C1=C\c1ccc(OCC(=O)c2ccccc2)cc1. The standard InChI is InChI=1S/C24H15ClN2O6/c25-20-11-8-17(27(30)31)13-19(20)23-26-21(24(29)33-23)12-15-6-9-18(10-7-15)32-14-22(28)16-4-2-1-3-5-16/h1-13H,14H2/b21-12-. The van der Waals surface area contributed by atoms with Crippen molar-refractivity contribution < 1.29 is 24.0 Å². The lowest BCUT2D eigenvalue weighted by Gasteiger charge is -2.06. The summed E-state index contributed by atoms with van der Waals surface area (Å²) in [6, 6.07) is 19.3. The maximum atomic E-state index is 12.2. The van der Waals surface area contributed by atoms with Gasteiger partial charge in [-0.25, -0.2) is 9.79 Å². The number of aliphatic imine (C=N–C) groups is 1. The van der Waals surface area contributed by atoms with E-state index in [0.29, 0.717) is 16.9 Å². The van der Waals surface area contributed by atoms with Gasteiger partial charge in [-0.2, -0.15) is 0 Å². The Labute approximate surface area is 192 Å². The van der Waals surface area contributed by atoms with E-state index >= 15 is 0 Å². The summed E-state index contributed by atoms with van der Waals surface area (Å²) in [6.45, 7) is -0.103. The van der Waals surface area contributed by atoms with Crippen LogP contribution in [-0.4, -0.2) is 29.2 Å². The van der Waals surface area contributed by atoms with Crippen molar-refractivity contribution in [2.45, 2.75) is 0 Å². The Bertz CT molecular complexity index is 1300. The average molecular weight is 463 g/mol. The van der Waals surface area contributed by atoms with Gasteiger partial charge in [0, 0.05) is 17.7 Å². The number of non-ortho nitro benzene ring substituents is 1. The molecule has 0 bridgehead atoms. The van der Waals surface area contributed by atoms with Crippen LogP contribution in [0, 0.1) is 10.1 Å². The number of ether oxygens (including phenoxy) is 2. The van der Waals surface area contributed by atoms with Crippen molar-refractivity contribution in [1.82, 2.24) is 0 Å². The first kappa shape index (κ1) is 21.9. The third-order valence-corrected chi connectivity index (χ3v) is 4.99. The maximum absolute atomic E-state index is 12.2. The average Bonchev–Trinajstić information content (AvgIpc) is 3.18. The second-order valence-corrected chi connectivity index (χ2v) is 7.31. The number of rotatable bonds is 7. The predicted octanol–water partition coefficient (Wildman–Crippen LogP) is 4.85. The Kier molecular flexibility index (Phi) is 6.28. The van der Waals surface area contributed by atoms with Crippen LogP contribution in [0.4, 0.5) is 5.69 Å². The van der Waals surface area contributed by atoms with Crippen LogP contribution < -0.4 is 4.74 Å². The second-order valence-electron chi connectivity index (χ2n) is 6.90. The molecule has 33 heavy (non-hydrogen) atoms. The number of esters is 1. The molecular weight excluding hydrogens is 448 g/mol. The molecule has 1 heterocycles. The van der Waals surface area contributed by atoms with Gasteiger partial charge in [-0.3, -0.25) is 14.9 Å². The molecule has 0 saturated heterocycles. The van der Waals surface area contributed by atoms with Crippen LogP contribution in [0.15, 0.2) is 83.5 Å². The number of carbonyl (C=O) groups excluding carboxylic acids is 2. The third kappa shape index (κ3) is 5.13. The van der Waals surface area contributed by atoms with Crippen LogP contribution in [0.25, 0.3) is 6.08 Å². The number of halogens is 1. The minimum atomic E-state index is -0.707. The molecule has 9 heteroatoms. The fourth-order valence-corrected chi connectivity index (χ4v) is 3.19. The van der Waals surface area contributed by atoms with Crippen molar-refractivity contribution in [2.75, 3.05) is 6.61 Å². The van der Waals surface area contributed by atoms with E-state index in [1.807, 2.05) is 6.07 Å². The smallest absolute Gasteiger partial charge is 0.363 e. The summed E-state index contributed by atoms with van der Waals surface area (Å²) in [5.41, 5.74) is 1.16. The summed E-state index contributed by atoms with van der Waals surface area (Å²) in [4.78, 5) is 38.9. The normalized spacial score (nSPS) is 14.0. The van der Waals surface area contributed by atoms with Gasteiger partial charge in [0.25, 0.3) is 5.69 Å². The summed E-state index contributed by atoms with van der Waals surface area (Å²) < 4.78 is 10.7. The molecule has 0 atom stereocenters. The number of ketones is 1. The molecule has 8 nitrogen and oxygen atoms in total. The van der Waals surface area contributed by atoms with Gasteiger partial charge in [-0.1, -0.05) is 54.1 Å². The lowest BCUT2D eigenvalue weighted by atomic mass is 10.1. The first-order valence-corrected chi connectivity index (χ1v) is 10.1. The van der Waals surface area contributed by atoms with Crippen LogP contribution in [-0.2, 0) is 9.53 Å². The van der Waals surface area contributed by atoms with Crippen molar-refractivity contribution in [3.63, 3.8) is 0 Å². The predicted molar refractivity (Wildman–Crippen MR) is 121 cm³/mol. The molecule has 0 saturated carbocycles. The zero-order valence-corrected chi connectivity index (χ0v) is 17.7. The van der Waals surface area contributed by atoms with Crippen LogP contribution in [0.1, 0.15) is 21.5 Å². The van der Waals surface area contributed by atoms with Gasteiger partial charge in [0.2, 0.25) is 5.90 Å². The number of nitro benzene ring substituents is 1. The number of Topliss-reactive ketones (excluding diaryl/α,β-unsaturated/α-hetero) is 1. The van der Waals surface area contributed by atoms with Gasteiger partial charge in [0.15, 0.2) is 18.1 Å². The molecule has 3 aromatic rings. The van der Waals surface area contributed by atoms with Gasteiger partial charge >= 0.3 is 5.97 Å². The van der Waals surface area contributed by atoms with E-state index < -0.39 is 10.9 Å². The summed E-state index contributed by atoms with van der Waals surface area (Å²) in [6.07, 6.45) is 1.50. The van der Waals surface area contributed by atoms with E-state index in [2.05, 4.69) is 4.99 Å². The number of nitro groups is 1. The van der Waals surface area contributed by atoms with Crippen LogP contribution in [0.2, 0.25) is 5.02 Å². The Hall–Kier alpha value is -4.30. The van der Waals surface area contributed by atoms with Crippen molar-refractivity contribution in [3.8, 4) is 5.75 Å². The molecule has 0 aliphatic carbocycles. The minimum absolute atomic E-state index is 0.0143. The van der Waals surface area contributed by atoms with Crippen molar-refractivity contribution >= 4 is 41.0 Å². The van der Waals surface area contributed by atoms with Crippen LogP contribution in [0.3, 0.4) is 0 Å². The number of nitrogens with zero attached hydrogens (tertiary/aromatic N) is 2. The van der Waals surface area contributed by atoms with E-state index in [0.717, 1.165) is 0 Å². The zero-order valence-electron chi connectivity index (χ0n) is 16.9. The first-order valence-electron chi connectivity index (χ1n) is 9.69. The number of benzene rings is 3. The van der Waals surface area contributed by atoms with Crippen LogP contribution in [0.5, 0.6) is 5.75 Å². The van der Waals surface area contributed by atoms with E-state index in [4.69, 9.17) is 21.1 Å². The largest absolute Gasteiger partial charge is 0.485 e. The third-order valence-electron chi connectivity index (χ3n) is 4.66. The lowest BCUT2D eigenvalue weighted by molar-refractivity contribution is -0.384. The van der Waals surface area contributed by atoms with Crippen molar-refractivity contribution in [1.29, 1.82) is 0 Å². The molecule has 0 amide bonds. The highest BCUT2D eigenvalue weighted by atomic mass is 35.5. The Balaban J connectivity index is 1.47. The van der Waals surface area contributed by atoms with Crippen LogP contribution >= 0.6 is 11.6 Å². The number of hydrogen-bond acceptors (Lipinski definition) is 7. The summed E-state index contributed by atoms with van der Waals surface area (Å²) in [7, 11) is 0. The van der Waals surface area contributed by atoms with E-state index in [-0.39, 0.29) is 40.3 Å². The molecule has 1 aliphatic rings. The van der Waals surface area contributed by atoms with E-state index in [1.54, 1.807) is 48.5 Å². The summed E-state index contributed by atoms with van der Waals surface area (Å²) in [5, 5.41) is 11.2. The maximum Gasteiger partial charge on any atom is 0.363 e. The fourth-order valence-electron chi connectivity index (χ4n) is 2.99. The molecule has 4 rings (SSSR count). The number of hydrogen-bond donors (Lipinski definition) is 0. The van der Waals surface area contributed by atoms with Gasteiger partial charge in [0.1, 0.15) is 5.75 Å². The second kappa shape index (κ2) is 9.46. The quantitative estimate of drug-likeness (QED) is 0.163. The molecule has 1 aliphatic heterocycles. The summed E-state index contributed by atoms with van der Waals surface area (Å²) in [5.74, 6) is -0.471. The Morgan fingerprint density at radius 3 is 2.52 bits per heavy atom. The van der Waals surface area contributed by atoms with Crippen molar-refractivity contribution in [3.05, 3.63) is 110 Å². The number of cyclic esters (lactones) is 1. The summed E-state index contributed by atoms with van der Waals surface area (Å²) >= 11 is 6.09. The Morgan fingerprint density at radius 2 is 1.82 bits per heavy atom. The monoisotopic (exact) mass is 462 g/mol. The minimum Gasteiger partial charge on any atom is -0.485 e. The van der Waals surface area contributed by atoms with Crippen molar-refractivity contribution in [2.24, 2.45) is 4.99 Å². The molecule has 0 spiro atoms. The molecule has 3 aromatic carbocycles. The van der Waals surface area contributed by atoms with Gasteiger partial charge in [-0.05, 0) is 29.8 Å². The fraction of sp³-hybridized carbons (Fsp3) is 0.0417. The molecule has 0 unspecified atom stereocenters. The molecule has 0 N–H and O–H groups in total. The van der Waals surface area contributed by atoms with E-state index in [1.165, 1.54) is 24.3 Å². The van der Waals surface area contributed by atoms with E-state index in [9.17, 15) is 19.7 Å². The Morgan fingerprint density at radius 1 is 1.09 bits per heavy atom. The van der Waals surface area contributed by atoms with Gasteiger partial charge in [0.05, 0.1) is 15.5 Å². The molecule has 0 fully saturated rings. The molecule has 0 radical (unpaired) electrons. The van der Waals surface area contributed by atoms with Gasteiger partial charge in [-0.15, -0.1) is 0 Å². The topological polar surface area (TPSA) is 108 Å². The zero-order chi connectivity index (χ0) is 23.4. The first-order chi connectivity index (χ1) is 15.9. The molecule has 164 valence electrons. The number of carbonyl (C=O) groups is 2. The molecular formula is C24H15ClN2O6. The highest BCUT2D eigenvalue weighted by Gasteiger charge is 2.27. The highest BCUT2D eigenvalue weighted by molar-refractivity contribution is 6.34. The molecule has 0 aromatic heterocycles. The van der Waals surface area contributed by atoms with Gasteiger partial charge < -0.3 is 9.47 Å².